The second-order valence-electron chi connectivity index (χ2n) is 13.8. The van der Waals surface area contributed by atoms with Crippen molar-refractivity contribution in [2.24, 2.45) is 11.5 Å². The van der Waals surface area contributed by atoms with E-state index in [0.717, 1.165) is 78.4 Å². The Balaban J connectivity index is 4.00. The van der Waals surface area contributed by atoms with Gasteiger partial charge in [0.15, 0.2) is 0 Å². The lowest BCUT2D eigenvalue weighted by Crippen LogP contribution is -2.45. The number of rotatable bonds is 41. The minimum Gasteiger partial charge on any atom is -0.329 e. The monoisotopic (exact) mass is 655 g/mol. The highest BCUT2D eigenvalue weighted by Crippen LogP contribution is 2.13. The fourth-order valence-corrected chi connectivity index (χ4v) is 6.05. The molecule has 46 heavy (non-hydrogen) atoms. The third kappa shape index (κ3) is 38.1. The zero-order valence-electron chi connectivity index (χ0n) is 31.4. The van der Waals surface area contributed by atoms with Crippen LogP contribution < -0.4 is 43.4 Å². The molecule has 0 aromatic carbocycles. The third-order valence-corrected chi connectivity index (χ3v) is 9.13. The molecule has 0 aromatic heterocycles. The Morgan fingerprint density at radius 3 is 1.15 bits per heavy atom. The summed E-state index contributed by atoms with van der Waals surface area (Å²) < 4.78 is 0. The molecule has 0 aliphatic carbocycles. The van der Waals surface area contributed by atoms with Crippen molar-refractivity contribution in [3.63, 3.8) is 0 Å². The SMILES string of the molecule is CCCCCCCCCCCCC(N)CNC(CCCCCCCCCCCC)CNCCNCCNCCNCCNCCN. The molecule has 10 N–H and O–H groups in total. The van der Waals surface area contributed by atoms with Gasteiger partial charge in [-0.15, -0.1) is 0 Å². The number of unbranched alkanes of at least 4 members (excludes halogenated alkanes) is 18. The summed E-state index contributed by atoms with van der Waals surface area (Å²) in [5.74, 6) is 0. The van der Waals surface area contributed by atoms with Gasteiger partial charge < -0.3 is 43.4 Å². The maximum Gasteiger partial charge on any atom is 0.0193 e. The molecule has 0 heterocycles. The molecule has 0 bridgehead atoms. The molecule has 278 valence electrons. The number of hydrogen-bond acceptors (Lipinski definition) is 8. The Morgan fingerprint density at radius 2 is 0.739 bits per heavy atom. The van der Waals surface area contributed by atoms with Gasteiger partial charge in [-0.1, -0.05) is 142 Å². The van der Waals surface area contributed by atoms with Crippen LogP contribution in [0.3, 0.4) is 0 Å². The lowest BCUT2D eigenvalue weighted by atomic mass is 10.0. The second kappa shape index (κ2) is 40.9. The quantitative estimate of drug-likeness (QED) is 0.0389. The first-order valence-corrected chi connectivity index (χ1v) is 20.5. The van der Waals surface area contributed by atoms with Gasteiger partial charge in [0.05, 0.1) is 0 Å². The van der Waals surface area contributed by atoms with Gasteiger partial charge >= 0.3 is 0 Å². The molecule has 0 spiro atoms. The van der Waals surface area contributed by atoms with Crippen molar-refractivity contribution in [1.82, 2.24) is 31.9 Å². The summed E-state index contributed by atoms with van der Waals surface area (Å²) in [4.78, 5) is 0. The molecular weight excluding hydrogens is 568 g/mol. The maximum absolute atomic E-state index is 6.56. The topological polar surface area (TPSA) is 124 Å². The van der Waals surface area contributed by atoms with Crippen molar-refractivity contribution in [2.45, 2.75) is 167 Å². The van der Waals surface area contributed by atoms with Crippen molar-refractivity contribution in [2.75, 3.05) is 78.5 Å². The molecule has 2 atom stereocenters. The van der Waals surface area contributed by atoms with Crippen molar-refractivity contribution in [1.29, 1.82) is 0 Å². The van der Waals surface area contributed by atoms with Crippen LogP contribution >= 0.6 is 0 Å². The molecule has 0 aromatic rings. The molecule has 2 unspecified atom stereocenters. The second-order valence-corrected chi connectivity index (χ2v) is 13.8. The van der Waals surface area contributed by atoms with Gasteiger partial charge in [0.25, 0.3) is 0 Å². The molecular formula is C38H86N8. The molecule has 0 rings (SSSR count). The van der Waals surface area contributed by atoms with Gasteiger partial charge in [-0.05, 0) is 12.8 Å². The van der Waals surface area contributed by atoms with Gasteiger partial charge in [0.2, 0.25) is 0 Å². The zero-order valence-corrected chi connectivity index (χ0v) is 31.4. The first-order valence-electron chi connectivity index (χ1n) is 20.5. The first-order chi connectivity index (χ1) is 22.7. The Bertz CT molecular complexity index is 539. The summed E-state index contributed by atoms with van der Waals surface area (Å²) in [6.45, 7) is 16.2. The lowest BCUT2D eigenvalue weighted by Gasteiger charge is -2.22. The smallest absolute Gasteiger partial charge is 0.0193 e. The van der Waals surface area contributed by atoms with Crippen LogP contribution in [-0.2, 0) is 0 Å². The van der Waals surface area contributed by atoms with Gasteiger partial charge in [0.1, 0.15) is 0 Å². The number of nitrogens with two attached hydrogens (primary N) is 2. The van der Waals surface area contributed by atoms with E-state index in [0.29, 0.717) is 12.6 Å². The highest BCUT2D eigenvalue weighted by Gasteiger charge is 2.10. The summed E-state index contributed by atoms with van der Waals surface area (Å²) in [6.07, 6.45) is 30.3. The number of nitrogens with one attached hydrogen (secondary N) is 6. The summed E-state index contributed by atoms with van der Waals surface area (Å²) in [7, 11) is 0. The fraction of sp³-hybridized carbons (Fsp3) is 1.00. The molecule has 0 aliphatic heterocycles. The maximum atomic E-state index is 6.56. The van der Waals surface area contributed by atoms with E-state index in [1.165, 1.54) is 135 Å². The van der Waals surface area contributed by atoms with Crippen LogP contribution in [0.2, 0.25) is 0 Å². The summed E-state index contributed by atoms with van der Waals surface area (Å²) >= 11 is 0. The third-order valence-electron chi connectivity index (χ3n) is 9.13. The largest absolute Gasteiger partial charge is 0.329 e. The summed E-state index contributed by atoms with van der Waals surface area (Å²) in [5, 5.41) is 21.4. The predicted molar refractivity (Wildman–Crippen MR) is 206 cm³/mol. The zero-order chi connectivity index (χ0) is 33.4. The van der Waals surface area contributed by atoms with Crippen LogP contribution in [0.5, 0.6) is 0 Å². The van der Waals surface area contributed by atoms with Crippen molar-refractivity contribution in [3.8, 4) is 0 Å². The van der Waals surface area contributed by atoms with Crippen LogP contribution in [0.1, 0.15) is 155 Å². The van der Waals surface area contributed by atoms with E-state index >= 15 is 0 Å². The van der Waals surface area contributed by atoms with Crippen LogP contribution in [0.25, 0.3) is 0 Å². The molecule has 0 saturated carbocycles. The minimum atomic E-state index is 0.279. The van der Waals surface area contributed by atoms with Crippen molar-refractivity contribution < 1.29 is 0 Å². The van der Waals surface area contributed by atoms with Gasteiger partial charge in [-0.3, -0.25) is 0 Å². The van der Waals surface area contributed by atoms with E-state index in [4.69, 9.17) is 11.5 Å². The summed E-state index contributed by atoms with van der Waals surface area (Å²) in [6, 6.07) is 0.800. The van der Waals surface area contributed by atoms with Gasteiger partial charge in [-0.2, -0.15) is 0 Å². The Kier molecular flexibility index (Phi) is 40.6. The van der Waals surface area contributed by atoms with Crippen LogP contribution in [-0.4, -0.2) is 90.6 Å². The van der Waals surface area contributed by atoms with Crippen molar-refractivity contribution in [3.05, 3.63) is 0 Å². The van der Waals surface area contributed by atoms with E-state index in [1.54, 1.807) is 0 Å². The van der Waals surface area contributed by atoms with E-state index in [-0.39, 0.29) is 6.04 Å². The van der Waals surface area contributed by atoms with E-state index in [2.05, 4.69) is 45.7 Å². The van der Waals surface area contributed by atoms with Gasteiger partial charge in [-0.25, -0.2) is 0 Å². The highest BCUT2D eigenvalue weighted by molar-refractivity contribution is 4.74. The predicted octanol–water partition coefficient (Wildman–Crippen LogP) is 5.80. The highest BCUT2D eigenvalue weighted by atomic mass is 15.0. The molecule has 8 nitrogen and oxygen atoms in total. The first kappa shape index (κ1) is 45.7. The Hall–Kier alpha value is -0.320. The van der Waals surface area contributed by atoms with Gasteiger partial charge in [0, 0.05) is 90.6 Å². The molecule has 8 heteroatoms. The number of hydrogen-bond donors (Lipinski definition) is 8. The average molecular weight is 655 g/mol. The minimum absolute atomic E-state index is 0.279. The normalized spacial score (nSPS) is 13.0. The molecule has 0 fully saturated rings. The fourth-order valence-electron chi connectivity index (χ4n) is 6.05. The Labute approximate surface area is 288 Å². The van der Waals surface area contributed by atoms with Crippen LogP contribution in [0.4, 0.5) is 0 Å². The van der Waals surface area contributed by atoms with E-state index in [9.17, 15) is 0 Å². The standard InChI is InChI=1S/C38H86N8/c1-3-5-7-9-11-13-15-17-19-21-23-37(40)35-46-38(24-22-20-18-16-14-12-10-8-6-4-2)36-45-34-33-44-32-31-43-30-29-42-28-27-41-26-25-39/h37-38,41-46H,3-36,39-40H2,1-2H3. The van der Waals surface area contributed by atoms with Crippen molar-refractivity contribution >= 4 is 0 Å². The van der Waals surface area contributed by atoms with Crippen LogP contribution in [0.15, 0.2) is 0 Å². The summed E-state index contributed by atoms with van der Waals surface area (Å²) in [5.41, 5.74) is 12.0. The lowest BCUT2D eigenvalue weighted by molar-refractivity contribution is 0.402. The Morgan fingerprint density at radius 1 is 0.391 bits per heavy atom. The molecule has 0 amide bonds. The van der Waals surface area contributed by atoms with E-state index < -0.39 is 0 Å². The molecule has 0 aliphatic rings. The average Bonchev–Trinajstić information content (AvgIpc) is 3.06. The molecule has 0 radical (unpaired) electrons. The van der Waals surface area contributed by atoms with Crippen LogP contribution in [0, 0.1) is 0 Å². The van der Waals surface area contributed by atoms with E-state index in [1.807, 2.05) is 0 Å². The molecule has 0 saturated heterocycles.